The minimum Gasteiger partial charge on any atom is -0.348 e. The van der Waals surface area contributed by atoms with Gasteiger partial charge >= 0.3 is 8.03 Å². The largest absolute Gasteiger partial charge is 0.527 e. The second-order valence-corrected chi connectivity index (χ2v) is 3.40. The first kappa shape index (κ1) is 10.9. The zero-order chi connectivity index (χ0) is 8.69. The van der Waals surface area contributed by atoms with Crippen LogP contribution in [0.2, 0.25) is 0 Å². The van der Waals surface area contributed by atoms with Crippen LogP contribution in [-0.2, 0) is 13.8 Å². The third-order valence-corrected chi connectivity index (χ3v) is 1.65. The van der Waals surface area contributed by atoms with Crippen LogP contribution in [-0.4, -0.2) is 19.2 Å². The zero-order valence-corrected chi connectivity index (χ0v) is 7.64. The quantitative estimate of drug-likeness (QED) is 0.271. The molecule has 0 fully saturated rings. The van der Waals surface area contributed by atoms with Gasteiger partial charge in [-0.25, -0.2) is 5.43 Å². The molecule has 0 aliphatic heterocycles. The van der Waals surface area contributed by atoms with Crippen molar-refractivity contribution >= 4 is 8.03 Å². The molecule has 0 heterocycles. The predicted octanol–water partition coefficient (Wildman–Crippen LogP) is 0.549. The molecule has 0 aromatic heterocycles. The fourth-order valence-corrected chi connectivity index (χ4v) is 0.764. The van der Waals surface area contributed by atoms with Crippen molar-refractivity contribution in [1.29, 1.82) is 0 Å². The molecule has 0 saturated heterocycles. The Morgan fingerprint density at radius 1 is 1.64 bits per heavy atom. The fourth-order valence-electron chi connectivity index (χ4n) is 0.345. The van der Waals surface area contributed by atoms with E-state index in [1.807, 2.05) is 13.8 Å². The lowest BCUT2D eigenvalue weighted by Gasteiger charge is -2.01. The second kappa shape index (κ2) is 6.64. The van der Waals surface area contributed by atoms with E-state index in [1.54, 1.807) is 0 Å². The number of nitrogens with two attached hydrogens (primary N) is 1. The van der Waals surface area contributed by atoms with Crippen molar-refractivity contribution in [2.75, 3.05) is 13.1 Å². The van der Waals surface area contributed by atoms with E-state index < -0.39 is 8.03 Å². The summed E-state index contributed by atoms with van der Waals surface area (Å²) < 4.78 is 20.4. The Balaban J connectivity index is 3.17. The van der Waals surface area contributed by atoms with Crippen molar-refractivity contribution < 1.29 is 13.8 Å². The van der Waals surface area contributed by atoms with Crippen molar-refractivity contribution in [2.24, 2.45) is 5.84 Å². The van der Waals surface area contributed by atoms with Gasteiger partial charge in [0.1, 0.15) is 0 Å². The van der Waals surface area contributed by atoms with E-state index in [-0.39, 0.29) is 19.2 Å². The molecule has 0 aromatic rings. The Morgan fingerprint density at radius 2 is 2.27 bits per heavy atom. The summed E-state index contributed by atoms with van der Waals surface area (Å²) in [7, 11) is -1.72. The lowest BCUT2D eigenvalue weighted by Crippen LogP contribution is -2.21. The summed E-state index contributed by atoms with van der Waals surface area (Å²) in [6.07, 6.45) is 0.237. The van der Waals surface area contributed by atoms with E-state index in [9.17, 15) is 4.57 Å². The third-order valence-electron chi connectivity index (χ3n) is 0.818. The minimum absolute atomic E-state index is 0.0501. The van der Waals surface area contributed by atoms with Crippen LogP contribution in [0.4, 0.5) is 0 Å². The third kappa shape index (κ3) is 7.84. The number of hydrogen-bond donors (Lipinski definition) is 2. The van der Waals surface area contributed by atoms with Crippen LogP contribution in [0.15, 0.2) is 0 Å². The molecule has 0 amide bonds. The van der Waals surface area contributed by atoms with Crippen LogP contribution in [0.1, 0.15) is 13.8 Å². The summed E-state index contributed by atoms with van der Waals surface area (Å²) >= 11 is 0. The molecule has 0 rings (SSSR count). The predicted molar refractivity (Wildman–Crippen MR) is 42.0 cm³/mol. The first-order chi connectivity index (χ1) is 5.16. The van der Waals surface area contributed by atoms with Gasteiger partial charge in [-0.3, -0.25) is 5.84 Å². The fraction of sp³-hybridized carbons (Fsp3) is 1.00. The molecular weight excluding hydrogens is 167 g/mol. The molecule has 0 aromatic carbocycles. The summed E-state index contributed by atoms with van der Waals surface area (Å²) in [5, 5.41) is 0. The van der Waals surface area contributed by atoms with Crippen molar-refractivity contribution in [3.8, 4) is 0 Å². The van der Waals surface area contributed by atoms with Crippen molar-refractivity contribution in [3.63, 3.8) is 0 Å². The van der Waals surface area contributed by atoms with Crippen LogP contribution in [0, 0.1) is 0 Å². The Morgan fingerprint density at radius 3 is 2.73 bits per heavy atom. The Kier molecular flexibility index (Phi) is 6.60. The summed E-state index contributed by atoms with van der Waals surface area (Å²) in [6, 6.07) is 0. The van der Waals surface area contributed by atoms with Gasteiger partial charge < -0.3 is 4.74 Å². The van der Waals surface area contributed by atoms with Gasteiger partial charge in [0.05, 0.1) is 6.10 Å². The molecule has 66 valence electrons. The van der Waals surface area contributed by atoms with Gasteiger partial charge in [0.2, 0.25) is 13.1 Å². The average Bonchev–Trinajstić information content (AvgIpc) is 1.87. The highest BCUT2D eigenvalue weighted by molar-refractivity contribution is 7.39. The molecular formula is C5H14N2O3P+. The lowest BCUT2D eigenvalue weighted by molar-refractivity contribution is -0.0160. The van der Waals surface area contributed by atoms with Crippen LogP contribution < -0.4 is 11.3 Å². The van der Waals surface area contributed by atoms with Crippen LogP contribution >= 0.6 is 8.03 Å². The Bertz CT molecular complexity index is 120. The van der Waals surface area contributed by atoms with Crippen molar-refractivity contribution in [3.05, 3.63) is 0 Å². The molecule has 5 nitrogen and oxygen atoms in total. The summed E-state index contributed by atoms with van der Waals surface area (Å²) in [6.45, 7) is 3.80. The number of rotatable bonds is 6. The highest BCUT2D eigenvalue weighted by Gasteiger charge is 2.15. The highest BCUT2D eigenvalue weighted by atomic mass is 31.1. The Hall–Kier alpha value is -0.0600. The van der Waals surface area contributed by atoms with Crippen molar-refractivity contribution in [1.82, 2.24) is 5.43 Å². The number of hydrogen-bond acceptors (Lipinski definition) is 5. The van der Waals surface area contributed by atoms with Crippen LogP contribution in [0.3, 0.4) is 0 Å². The maximum Gasteiger partial charge on any atom is 0.527 e. The highest BCUT2D eigenvalue weighted by Crippen LogP contribution is 2.18. The monoisotopic (exact) mass is 181 g/mol. The first-order valence-electron chi connectivity index (χ1n) is 3.29. The Labute approximate surface area is 67.1 Å². The summed E-state index contributed by atoms with van der Waals surface area (Å²) in [5.74, 6) is 4.91. The molecule has 0 radical (unpaired) electrons. The molecule has 0 bridgehead atoms. The van der Waals surface area contributed by atoms with Gasteiger partial charge in [-0.15, -0.1) is 4.52 Å². The topological polar surface area (TPSA) is 73.6 Å². The van der Waals surface area contributed by atoms with E-state index in [0.29, 0.717) is 0 Å². The maximum absolute atomic E-state index is 10.7. The molecule has 11 heavy (non-hydrogen) atoms. The standard InChI is InChI=1S/C5H14N2O3P/c1-5(2)9-4-10-11(8)3-7-6/h5,7H,3-4,6H2,1-2H3/q+1. The average molecular weight is 181 g/mol. The molecule has 0 spiro atoms. The van der Waals surface area contributed by atoms with E-state index in [0.717, 1.165) is 0 Å². The summed E-state index contributed by atoms with van der Waals surface area (Å²) in [5.41, 5.74) is 2.24. The van der Waals surface area contributed by atoms with Crippen molar-refractivity contribution in [2.45, 2.75) is 20.0 Å². The maximum atomic E-state index is 10.7. The number of hydrazine groups is 1. The lowest BCUT2D eigenvalue weighted by atomic mass is 10.5. The minimum atomic E-state index is -1.72. The number of nitrogens with one attached hydrogen (secondary N) is 1. The second-order valence-electron chi connectivity index (χ2n) is 2.16. The smallest absolute Gasteiger partial charge is 0.348 e. The molecule has 3 N–H and O–H groups in total. The van der Waals surface area contributed by atoms with Crippen LogP contribution in [0.25, 0.3) is 0 Å². The van der Waals surface area contributed by atoms with Gasteiger partial charge in [0, 0.05) is 0 Å². The molecule has 0 aliphatic carbocycles. The first-order valence-corrected chi connectivity index (χ1v) is 4.65. The normalized spacial score (nSPS) is 12.2. The van der Waals surface area contributed by atoms with Gasteiger partial charge in [0.25, 0.3) is 0 Å². The molecule has 0 aliphatic rings. The van der Waals surface area contributed by atoms with Gasteiger partial charge in [0.15, 0.2) is 0 Å². The molecule has 1 atom stereocenters. The van der Waals surface area contributed by atoms with Gasteiger partial charge in [-0.1, -0.05) is 0 Å². The summed E-state index contributed by atoms with van der Waals surface area (Å²) in [4.78, 5) is 0. The zero-order valence-electron chi connectivity index (χ0n) is 6.74. The van der Waals surface area contributed by atoms with Gasteiger partial charge in [-0.05, 0) is 18.4 Å². The van der Waals surface area contributed by atoms with E-state index in [2.05, 4.69) is 5.43 Å². The number of ether oxygens (including phenoxy) is 1. The van der Waals surface area contributed by atoms with E-state index in [1.165, 1.54) is 0 Å². The molecule has 0 saturated carbocycles. The van der Waals surface area contributed by atoms with Crippen LogP contribution in [0.5, 0.6) is 0 Å². The van der Waals surface area contributed by atoms with E-state index in [4.69, 9.17) is 15.1 Å². The molecule has 6 heteroatoms. The van der Waals surface area contributed by atoms with Gasteiger partial charge in [-0.2, -0.15) is 0 Å². The van der Waals surface area contributed by atoms with E-state index >= 15 is 0 Å². The SMILES string of the molecule is CC(C)OCO[P+](=O)CNN. The molecule has 1 unspecified atom stereocenters.